The van der Waals surface area contributed by atoms with Gasteiger partial charge in [0.25, 0.3) is 0 Å². The van der Waals surface area contributed by atoms with Crippen LogP contribution in [0.5, 0.6) is 0 Å². The van der Waals surface area contributed by atoms with Crippen molar-refractivity contribution in [3.63, 3.8) is 0 Å². The van der Waals surface area contributed by atoms with E-state index in [-0.39, 0.29) is 23.6 Å². The van der Waals surface area contributed by atoms with E-state index >= 15 is 0 Å². The molecule has 0 bridgehead atoms. The van der Waals surface area contributed by atoms with Crippen LogP contribution in [0.2, 0.25) is 10.0 Å². The number of nitrogens with one attached hydrogen (secondary N) is 1. The van der Waals surface area contributed by atoms with Crippen LogP contribution >= 0.6 is 35.0 Å². The van der Waals surface area contributed by atoms with E-state index < -0.39 is 6.04 Å². The highest BCUT2D eigenvalue weighted by molar-refractivity contribution is 7.99. The monoisotopic (exact) mass is 466 g/mol. The second-order valence-corrected chi connectivity index (χ2v) is 9.20. The zero-order valence-electron chi connectivity index (χ0n) is 17.5. The van der Waals surface area contributed by atoms with Gasteiger partial charge in [-0.2, -0.15) is 0 Å². The van der Waals surface area contributed by atoms with Crippen molar-refractivity contribution in [1.82, 2.24) is 10.2 Å². The van der Waals surface area contributed by atoms with Crippen LogP contribution < -0.4 is 5.32 Å². The van der Waals surface area contributed by atoms with Crippen LogP contribution in [0.15, 0.2) is 48.5 Å². The molecule has 0 aliphatic heterocycles. The molecule has 0 aliphatic carbocycles. The summed E-state index contributed by atoms with van der Waals surface area (Å²) in [6.07, 6.45) is 0.698. The van der Waals surface area contributed by atoms with Gasteiger partial charge in [-0.25, -0.2) is 0 Å². The summed E-state index contributed by atoms with van der Waals surface area (Å²) in [4.78, 5) is 27.2. The number of carbonyl (C=O) groups is 2. The van der Waals surface area contributed by atoms with Crippen LogP contribution in [0.4, 0.5) is 0 Å². The number of hydrogen-bond donors (Lipinski definition) is 1. The van der Waals surface area contributed by atoms with E-state index in [9.17, 15) is 9.59 Å². The Hall–Kier alpha value is -1.69. The summed E-state index contributed by atoms with van der Waals surface area (Å²) >= 11 is 13.5. The average Bonchev–Trinajstić information content (AvgIpc) is 2.71. The van der Waals surface area contributed by atoms with Gasteiger partial charge in [-0.15, -0.1) is 11.8 Å². The van der Waals surface area contributed by atoms with Crippen molar-refractivity contribution in [3.05, 3.63) is 69.7 Å². The normalized spacial score (nSPS) is 11.9. The summed E-state index contributed by atoms with van der Waals surface area (Å²) in [5, 5.41) is 3.92. The maximum Gasteiger partial charge on any atom is 0.242 e. The van der Waals surface area contributed by atoms with Gasteiger partial charge in [0.05, 0.1) is 15.8 Å². The van der Waals surface area contributed by atoms with Crippen LogP contribution in [0.1, 0.15) is 31.9 Å². The highest BCUT2D eigenvalue weighted by Crippen LogP contribution is 2.25. The van der Waals surface area contributed by atoms with Crippen LogP contribution in [0, 0.1) is 0 Å². The second kappa shape index (κ2) is 12.2. The van der Waals surface area contributed by atoms with Gasteiger partial charge < -0.3 is 10.2 Å². The van der Waals surface area contributed by atoms with E-state index in [1.165, 1.54) is 11.8 Å². The van der Waals surface area contributed by atoms with Crippen LogP contribution in [-0.4, -0.2) is 41.1 Å². The van der Waals surface area contributed by atoms with Crippen molar-refractivity contribution < 1.29 is 9.59 Å². The molecular weight excluding hydrogens is 439 g/mol. The largest absolute Gasteiger partial charge is 0.352 e. The second-order valence-electron chi connectivity index (χ2n) is 7.40. The lowest BCUT2D eigenvalue weighted by atomic mass is 10.1. The predicted molar refractivity (Wildman–Crippen MR) is 127 cm³/mol. The maximum absolute atomic E-state index is 13.0. The summed E-state index contributed by atoms with van der Waals surface area (Å²) in [5.41, 5.74) is 2.14. The van der Waals surface area contributed by atoms with Crippen LogP contribution in [-0.2, 0) is 21.8 Å². The van der Waals surface area contributed by atoms with Gasteiger partial charge in [-0.3, -0.25) is 9.59 Å². The van der Waals surface area contributed by atoms with Crippen LogP contribution in [0.3, 0.4) is 0 Å². The molecule has 1 atom stereocenters. The minimum absolute atomic E-state index is 0.0232. The van der Waals surface area contributed by atoms with Crippen LogP contribution in [0.25, 0.3) is 0 Å². The van der Waals surface area contributed by atoms with Gasteiger partial charge in [-0.05, 0) is 50.5 Å². The Balaban J connectivity index is 2.00. The first kappa shape index (κ1) is 24.6. The topological polar surface area (TPSA) is 49.4 Å². The SMILES string of the molecule is CC(C)NC(=O)[C@@H](C)N(CCc1ccccc1)C(=O)CSCc1ccc(Cl)c(Cl)c1. The Morgan fingerprint density at radius 3 is 2.33 bits per heavy atom. The van der Waals surface area contributed by atoms with Crippen molar-refractivity contribution in [2.75, 3.05) is 12.3 Å². The Labute approximate surface area is 193 Å². The molecular formula is C23H28Cl2N2O2S. The molecule has 1 N–H and O–H groups in total. The van der Waals surface area contributed by atoms with Crippen molar-refractivity contribution in [1.29, 1.82) is 0 Å². The third-order valence-electron chi connectivity index (χ3n) is 4.56. The molecule has 0 aliphatic rings. The fourth-order valence-corrected chi connectivity index (χ4v) is 4.12. The van der Waals surface area contributed by atoms with Crippen molar-refractivity contribution in [3.8, 4) is 0 Å². The fourth-order valence-electron chi connectivity index (χ4n) is 2.94. The molecule has 0 radical (unpaired) electrons. The molecule has 4 nitrogen and oxygen atoms in total. The quantitative estimate of drug-likeness (QED) is 0.522. The van der Waals surface area contributed by atoms with Crippen molar-refractivity contribution in [2.45, 2.75) is 45.0 Å². The average molecular weight is 467 g/mol. The zero-order chi connectivity index (χ0) is 22.1. The molecule has 0 saturated carbocycles. The molecule has 162 valence electrons. The Morgan fingerprint density at radius 1 is 1.00 bits per heavy atom. The van der Waals surface area contributed by atoms with E-state index in [0.29, 0.717) is 28.8 Å². The van der Waals surface area contributed by atoms with E-state index in [1.807, 2.05) is 56.3 Å². The van der Waals surface area contributed by atoms with Crippen molar-refractivity contribution in [2.24, 2.45) is 0 Å². The van der Waals surface area contributed by atoms with Gasteiger partial charge in [0.2, 0.25) is 11.8 Å². The molecule has 7 heteroatoms. The van der Waals surface area contributed by atoms with E-state index in [0.717, 1.165) is 11.1 Å². The summed E-state index contributed by atoms with van der Waals surface area (Å²) in [7, 11) is 0. The number of hydrogen-bond acceptors (Lipinski definition) is 3. The van der Waals surface area contributed by atoms with Gasteiger partial charge in [-0.1, -0.05) is 59.6 Å². The van der Waals surface area contributed by atoms with Crippen molar-refractivity contribution >= 4 is 46.8 Å². The van der Waals surface area contributed by atoms with Gasteiger partial charge in [0.1, 0.15) is 6.04 Å². The molecule has 0 spiro atoms. The zero-order valence-corrected chi connectivity index (χ0v) is 19.9. The first-order valence-corrected chi connectivity index (χ1v) is 11.8. The molecule has 2 aromatic carbocycles. The number of nitrogens with zero attached hydrogens (tertiary/aromatic N) is 1. The van der Waals surface area contributed by atoms with Gasteiger partial charge in [0.15, 0.2) is 0 Å². The molecule has 0 saturated heterocycles. The predicted octanol–water partition coefficient (Wildman–Crippen LogP) is 5.21. The smallest absolute Gasteiger partial charge is 0.242 e. The van der Waals surface area contributed by atoms with Gasteiger partial charge >= 0.3 is 0 Å². The number of benzene rings is 2. The fraction of sp³-hybridized carbons (Fsp3) is 0.391. The lowest BCUT2D eigenvalue weighted by molar-refractivity contribution is -0.138. The Morgan fingerprint density at radius 2 is 1.70 bits per heavy atom. The van der Waals surface area contributed by atoms with E-state index in [2.05, 4.69) is 5.32 Å². The lowest BCUT2D eigenvalue weighted by Gasteiger charge is -2.29. The third-order valence-corrected chi connectivity index (χ3v) is 6.29. The number of halogens is 2. The first-order valence-electron chi connectivity index (χ1n) is 9.93. The Bertz CT molecular complexity index is 846. The summed E-state index contributed by atoms with van der Waals surface area (Å²) in [6, 6.07) is 14.9. The minimum atomic E-state index is -0.533. The number of rotatable bonds is 10. The standard InChI is InChI=1S/C23H28Cl2N2O2S/c1-16(2)26-23(29)17(3)27(12-11-18-7-5-4-6-8-18)22(28)15-30-14-19-9-10-20(24)21(25)13-19/h4-10,13,16-17H,11-12,14-15H2,1-3H3,(H,26,29)/t17-/m1/s1. The molecule has 2 amide bonds. The molecule has 30 heavy (non-hydrogen) atoms. The first-order chi connectivity index (χ1) is 14.3. The van der Waals surface area contributed by atoms with E-state index in [4.69, 9.17) is 23.2 Å². The summed E-state index contributed by atoms with van der Waals surface area (Å²) < 4.78 is 0. The van der Waals surface area contributed by atoms with E-state index in [1.54, 1.807) is 17.9 Å². The third kappa shape index (κ3) is 7.86. The molecule has 0 aromatic heterocycles. The number of carbonyl (C=O) groups excluding carboxylic acids is 2. The van der Waals surface area contributed by atoms with Gasteiger partial charge in [0, 0.05) is 18.3 Å². The summed E-state index contributed by atoms with van der Waals surface area (Å²) in [5.74, 6) is 0.735. The molecule has 0 fully saturated rings. The highest BCUT2D eigenvalue weighted by atomic mass is 35.5. The summed E-state index contributed by atoms with van der Waals surface area (Å²) in [6.45, 7) is 6.09. The molecule has 0 unspecified atom stereocenters. The highest BCUT2D eigenvalue weighted by Gasteiger charge is 2.25. The number of amides is 2. The Kier molecular flexibility index (Phi) is 10.0. The minimum Gasteiger partial charge on any atom is -0.352 e. The molecule has 0 heterocycles. The number of thioether (sulfide) groups is 1. The maximum atomic E-state index is 13.0. The molecule has 2 aromatic rings. The lowest BCUT2D eigenvalue weighted by Crippen LogP contribution is -2.50. The molecule has 2 rings (SSSR count).